The van der Waals surface area contributed by atoms with Gasteiger partial charge in [-0.15, -0.1) is 0 Å². The maximum absolute atomic E-state index is 12.9. The van der Waals surface area contributed by atoms with Crippen molar-refractivity contribution in [1.82, 2.24) is 0 Å². The molecule has 0 fully saturated rings. The van der Waals surface area contributed by atoms with E-state index in [0.717, 1.165) is 22.4 Å². The highest BCUT2D eigenvalue weighted by atomic mass is 19.1. The van der Waals surface area contributed by atoms with E-state index < -0.39 is 12.1 Å². The predicted molar refractivity (Wildman–Crippen MR) is 94.9 cm³/mol. The largest absolute Gasteiger partial charge is 0.452 e. The fourth-order valence-electron chi connectivity index (χ4n) is 2.66. The van der Waals surface area contributed by atoms with Crippen LogP contribution in [-0.4, -0.2) is 18.0 Å². The van der Waals surface area contributed by atoms with Crippen molar-refractivity contribution in [3.8, 4) is 0 Å². The Morgan fingerprint density at radius 1 is 1.08 bits per heavy atom. The molecule has 0 aromatic heterocycles. The number of esters is 1. The summed E-state index contributed by atoms with van der Waals surface area (Å²) in [6.45, 7) is 7.35. The van der Waals surface area contributed by atoms with Gasteiger partial charge in [-0.3, -0.25) is 9.59 Å². The van der Waals surface area contributed by atoms with Crippen molar-refractivity contribution in [3.05, 3.63) is 64.5 Å². The van der Waals surface area contributed by atoms with E-state index in [0.29, 0.717) is 5.56 Å². The number of carbonyl (C=O) groups excluding carboxylic acids is 2. The molecule has 0 aliphatic rings. The first kappa shape index (κ1) is 18.6. The maximum atomic E-state index is 12.9. The van der Waals surface area contributed by atoms with Gasteiger partial charge in [0.25, 0.3) is 5.91 Å². The van der Waals surface area contributed by atoms with Gasteiger partial charge in [0.15, 0.2) is 6.10 Å². The topological polar surface area (TPSA) is 55.4 Å². The van der Waals surface area contributed by atoms with Crippen molar-refractivity contribution >= 4 is 17.6 Å². The molecule has 0 saturated heterocycles. The number of hydrogen-bond acceptors (Lipinski definition) is 3. The molecule has 0 spiro atoms. The molecule has 2 aromatic carbocycles. The first-order chi connectivity index (χ1) is 11.8. The molecule has 0 aliphatic carbocycles. The predicted octanol–water partition coefficient (Wildman–Crippen LogP) is 3.86. The molecule has 1 N–H and O–H groups in total. The molecule has 1 unspecified atom stereocenters. The van der Waals surface area contributed by atoms with E-state index >= 15 is 0 Å². The molecule has 1 atom stereocenters. The Labute approximate surface area is 147 Å². The number of anilines is 1. The standard InChI is InChI=1S/C20H22FNO3/c1-12-9-13(2)19(14(3)10-12)22-20(24)15(4)25-18(23)11-16-5-7-17(21)8-6-16/h5-10,15H,11H2,1-4H3,(H,22,24). The van der Waals surface area contributed by atoms with Crippen molar-refractivity contribution in [2.45, 2.75) is 40.2 Å². The Morgan fingerprint density at radius 3 is 2.20 bits per heavy atom. The second kappa shape index (κ2) is 7.92. The highest BCUT2D eigenvalue weighted by Crippen LogP contribution is 2.22. The second-order valence-corrected chi connectivity index (χ2v) is 6.20. The number of ether oxygens (including phenoxy) is 1. The number of carbonyl (C=O) groups is 2. The van der Waals surface area contributed by atoms with Crippen molar-refractivity contribution in [2.75, 3.05) is 5.32 Å². The minimum atomic E-state index is -0.923. The molecule has 4 nitrogen and oxygen atoms in total. The van der Waals surface area contributed by atoms with Crippen LogP contribution >= 0.6 is 0 Å². The van der Waals surface area contributed by atoms with Gasteiger partial charge in [-0.2, -0.15) is 0 Å². The molecule has 0 radical (unpaired) electrons. The van der Waals surface area contributed by atoms with Gasteiger partial charge in [0.2, 0.25) is 0 Å². The Morgan fingerprint density at radius 2 is 1.64 bits per heavy atom. The van der Waals surface area contributed by atoms with Crippen LogP contribution in [0.25, 0.3) is 0 Å². The first-order valence-electron chi connectivity index (χ1n) is 8.09. The molecule has 25 heavy (non-hydrogen) atoms. The summed E-state index contributed by atoms with van der Waals surface area (Å²) in [6.07, 6.45) is -0.937. The van der Waals surface area contributed by atoms with Crippen molar-refractivity contribution < 1.29 is 18.7 Å². The molecule has 5 heteroatoms. The van der Waals surface area contributed by atoms with Crippen molar-refractivity contribution in [3.63, 3.8) is 0 Å². The molecule has 132 valence electrons. The van der Waals surface area contributed by atoms with Crippen LogP contribution in [0.4, 0.5) is 10.1 Å². The van der Waals surface area contributed by atoms with Crippen LogP contribution < -0.4 is 5.32 Å². The number of halogens is 1. The van der Waals surface area contributed by atoms with E-state index in [9.17, 15) is 14.0 Å². The van der Waals surface area contributed by atoms with E-state index in [4.69, 9.17) is 4.74 Å². The van der Waals surface area contributed by atoms with Gasteiger partial charge in [0, 0.05) is 5.69 Å². The Kier molecular flexibility index (Phi) is 5.91. The average Bonchev–Trinajstić information content (AvgIpc) is 2.52. The van der Waals surface area contributed by atoms with Gasteiger partial charge in [0.05, 0.1) is 6.42 Å². The van der Waals surface area contributed by atoms with Gasteiger partial charge >= 0.3 is 5.97 Å². The number of aryl methyl sites for hydroxylation is 3. The number of hydrogen-bond donors (Lipinski definition) is 1. The SMILES string of the molecule is Cc1cc(C)c(NC(=O)C(C)OC(=O)Cc2ccc(F)cc2)c(C)c1. The van der Waals surface area contributed by atoms with E-state index in [1.54, 1.807) is 0 Å². The zero-order valence-electron chi connectivity index (χ0n) is 14.9. The monoisotopic (exact) mass is 343 g/mol. The number of amides is 1. The van der Waals surface area contributed by atoms with Gasteiger partial charge < -0.3 is 10.1 Å². The quantitative estimate of drug-likeness (QED) is 0.839. The lowest BCUT2D eigenvalue weighted by Gasteiger charge is -2.17. The molecule has 2 rings (SSSR count). The smallest absolute Gasteiger partial charge is 0.311 e. The molecular weight excluding hydrogens is 321 g/mol. The summed E-state index contributed by atoms with van der Waals surface area (Å²) in [5.74, 6) is -1.29. The van der Waals surface area contributed by atoms with Crippen LogP contribution in [0, 0.1) is 26.6 Å². The minimum Gasteiger partial charge on any atom is -0.452 e. The highest BCUT2D eigenvalue weighted by molar-refractivity contribution is 5.96. The van der Waals surface area contributed by atoms with Crippen LogP contribution in [-0.2, 0) is 20.7 Å². The van der Waals surface area contributed by atoms with Crippen LogP contribution in [0.1, 0.15) is 29.2 Å². The molecule has 0 bridgehead atoms. The van der Waals surface area contributed by atoms with Crippen LogP contribution in [0.5, 0.6) is 0 Å². The molecule has 1 amide bonds. The van der Waals surface area contributed by atoms with Gasteiger partial charge in [0.1, 0.15) is 5.82 Å². The normalized spacial score (nSPS) is 11.7. The van der Waals surface area contributed by atoms with Crippen molar-refractivity contribution in [2.24, 2.45) is 0 Å². The number of rotatable bonds is 5. The third-order valence-electron chi connectivity index (χ3n) is 3.86. The summed E-state index contributed by atoms with van der Waals surface area (Å²) >= 11 is 0. The summed E-state index contributed by atoms with van der Waals surface area (Å²) < 4.78 is 18.0. The second-order valence-electron chi connectivity index (χ2n) is 6.20. The van der Waals surface area contributed by atoms with Crippen molar-refractivity contribution in [1.29, 1.82) is 0 Å². The number of nitrogens with one attached hydrogen (secondary N) is 1. The van der Waals surface area contributed by atoms with Crippen LogP contribution in [0.15, 0.2) is 36.4 Å². The third kappa shape index (κ3) is 5.14. The van der Waals surface area contributed by atoms with Crippen LogP contribution in [0.3, 0.4) is 0 Å². The number of benzene rings is 2. The summed E-state index contributed by atoms with van der Waals surface area (Å²) in [5.41, 5.74) is 4.39. The van der Waals surface area contributed by atoms with E-state index in [-0.39, 0.29) is 18.1 Å². The third-order valence-corrected chi connectivity index (χ3v) is 3.86. The molecule has 2 aromatic rings. The molecular formula is C20H22FNO3. The fraction of sp³-hybridized carbons (Fsp3) is 0.300. The van der Waals surface area contributed by atoms with Gasteiger partial charge in [-0.25, -0.2) is 4.39 Å². The fourth-order valence-corrected chi connectivity index (χ4v) is 2.66. The maximum Gasteiger partial charge on any atom is 0.311 e. The van der Waals surface area contributed by atoms with Gasteiger partial charge in [-0.05, 0) is 56.5 Å². The zero-order chi connectivity index (χ0) is 18.6. The highest BCUT2D eigenvalue weighted by Gasteiger charge is 2.19. The van der Waals surface area contributed by atoms with E-state index in [1.165, 1.54) is 31.2 Å². The van der Waals surface area contributed by atoms with Crippen LogP contribution in [0.2, 0.25) is 0 Å². The molecule has 0 saturated carbocycles. The van der Waals surface area contributed by atoms with E-state index in [2.05, 4.69) is 5.32 Å². The first-order valence-corrected chi connectivity index (χ1v) is 8.09. The lowest BCUT2D eigenvalue weighted by atomic mass is 10.0. The Balaban J connectivity index is 1.96. The summed E-state index contributed by atoms with van der Waals surface area (Å²) in [4.78, 5) is 24.2. The minimum absolute atomic E-state index is 0.0134. The molecule has 0 aliphatic heterocycles. The summed E-state index contributed by atoms with van der Waals surface area (Å²) in [6, 6.07) is 9.55. The van der Waals surface area contributed by atoms with E-state index in [1.807, 2.05) is 32.9 Å². The summed E-state index contributed by atoms with van der Waals surface area (Å²) in [7, 11) is 0. The summed E-state index contributed by atoms with van der Waals surface area (Å²) in [5, 5.41) is 2.82. The lowest BCUT2D eigenvalue weighted by molar-refractivity contribution is -0.152. The molecule has 0 heterocycles. The average molecular weight is 343 g/mol. The van der Waals surface area contributed by atoms with Gasteiger partial charge in [-0.1, -0.05) is 29.8 Å². The zero-order valence-corrected chi connectivity index (χ0v) is 14.9. The lowest BCUT2D eigenvalue weighted by Crippen LogP contribution is -2.31. The Hall–Kier alpha value is -2.69. The Bertz CT molecular complexity index is 761.